The Morgan fingerprint density at radius 3 is 1.12 bits per heavy atom. The Kier molecular flexibility index (Phi) is 20.1. The van der Waals surface area contributed by atoms with Gasteiger partial charge in [0, 0.05) is 33.4 Å². The minimum Gasteiger partial charge on any atom is -0.406 e. The van der Waals surface area contributed by atoms with E-state index in [1.807, 2.05) is 0 Å². The van der Waals surface area contributed by atoms with Crippen LogP contribution in [0.1, 0.15) is 39.7 Å². The highest BCUT2D eigenvalue weighted by Crippen LogP contribution is 2.36. The number of para-hydroxylation sites is 1. The van der Waals surface area contributed by atoms with Gasteiger partial charge in [-0.25, -0.2) is 50.5 Å². The van der Waals surface area contributed by atoms with Crippen LogP contribution in [0.15, 0.2) is 215 Å². The maximum Gasteiger partial charge on any atom is 0.573 e. The molecule has 0 aliphatic carbocycles. The Morgan fingerprint density at radius 1 is 0.396 bits per heavy atom. The number of rotatable bonds is 9. The molecule has 12 aromatic rings. The molecule has 0 atom stereocenters. The molecule has 9 aromatic carbocycles. The maximum atomic E-state index is 12.8. The van der Waals surface area contributed by atoms with Crippen LogP contribution in [0.25, 0.3) is 66.5 Å². The summed E-state index contributed by atoms with van der Waals surface area (Å²) in [5.41, 5.74) is -4.78. The number of nitrogens with zero attached hydrogens (tertiary/aromatic N) is 3. The molecule has 516 valence electrons. The van der Waals surface area contributed by atoms with E-state index in [0.29, 0.717) is 77.9 Å². The molecular formula is C67H41F12N9O9S4. The molecule has 0 saturated heterocycles. The average Bonchev–Trinajstić information content (AvgIpc) is 1.70. The first kappa shape index (κ1) is 72.3. The lowest BCUT2D eigenvalue weighted by Gasteiger charge is -2.14. The summed E-state index contributed by atoms with van der Waals surface area (Å²) < 4.78 is 250. The Morgan fingerprint density at radius 2 is 0.752 bits per heavy atom. The second kappa shape index (κ2) is 28.1. The fourth-order valence-electron chi connectivity index (χ4n) is 9.37. The summed E-state index contributed by atoms with van der Waals surface area (Å²) >= 11 is 0. The van der Waals surface area contributed by atoms with Gasteiger partial charge in [-0.2, -0.15) is 47.9 Å². The number of benzene rings is 9. The molecule has 3 heterocycles. The number of primary sulfonamides is 2. The van der Waals surface area contributed by atoms with Gasteiger partial charge in [-0.05, 0) is 162 Å². The predicted molar refractivity (Wildman–Crippen MR) is 348 cm³/mol. The van der Waals surface area contributed by atoms with E-state index in [1.165, 1.54) is 54.6 Å². The lowest BCUT2D eigenvalue weighted by molar-refractivity contribution is -0.274. The number of nitrogens with two attached hydrogens (primary N) is 2. The van der Waals surface area contributed by atoms with E-state index in [9.17, 15) is 86.4 Å². The summed E-state index contributed by atoms with van der Waals surface area (Å²) in [7, 11) is -18.9. The van der Waals surface area contributed by atoms with Gasteiger partial charge in [0.05, 0.1) is 59.0 Å². The van der Waals surface area contributed by atoms with Crippen molar-refractivity contribution in [1.82, 2.24) is 29.9 Å². The number of halogens is 12. The van der Waals surface area contributed by atoms with Crippen LogP contribution in [0.2, 0.25) is 0 Å². The van der Waals surface area contributed by atoms with Crippen LogP contribution in [-0.4, -0.2) is 81.0 Å². The van der Waals surface area contributed by atoms with Gasteiger partial charge >= 0.3 is 33.6 Å². The second-order valence-corrected chi connectivity index (χ2v) is 27.7. The fourth-order valence-corrected chi connectivity index (χ4v) is 12.2. The van der Waals surface area contributed by atoms with E-state index in [-0.39, 0.29) is 44.0 Å². The van der Waals surface area contributed by atoms with Crippen molar-refractivity contribution in [1.29, 1.82) is 0 Å². The normalized spacial score (nSPS) is 12.1. The number of sulfone groups is 1. The van der Waals surface area contributed by atoms with Crippen molar-refractivity contribution in [3.8, 4) is 74.7 Å². The molecular weight excluding hydrogens is 1430 g/mol. The number of ether oxygens (including phenoxy) is 1. The largest absolute Gasteiger partial charge is 0.573 e. The van der Waals surface area contributed by atoms with Crippen LogP contribution < -0.4 is 19.7 Å². The number of sulfonamides is 3. The zero-order valence-corrected chi connectivity index (χ0v) is 53.7. The number of nitrogens with one attached hydrogen (secondary N) is 4. The van der Waals surface area contributed by atoms with Crippen molar-refractivity contribution in [2.45, 2.75) is 38.2 Å². The molecule has 0 unspecified atom stereocenters. The first-order valence-electron chi connectivity index (χ1n) is 28.2. The van der Waals surface area contributed by atoms with Gasteiger partial charge in [0.15, 0.2) is 17.5 Å². The molecule has 101 heavy (non-hydrogen) atoms. The smallest absolute Gasteiger partial charge is 0.406 e. The number of aromatic nitrogens is 6. The minimum absolute atomic E-state index is 0.0104. The molecule has 0 saturated carbocycles. The number of H-pyrrole nitrogens is 3. The molecule has 12 rings (SSSR count). The van der Waals surface area contributed by atoms with Crippen molar-refractivity contribution in [2.24, 2.45) is 10.3 Å². The third-order valence-electron chi connectivity index (χ3n) is 14.0. The molecule has 0 aliphatic heterocycles. The molecule has 0 bridgehead atoms. The Labute approximate surface area is 564 Å². The van der Waals surface area contributed by atoms with Gasteiger partial charge in [-0.1, -0.05) is 90.6 Å². The van der Waals surface area contributed by atoms with Crippen LogP contribution in [-0.2, 0) is 46.1 Å². The Bertz CT molecular complexity index is 5850. The molecule has 34 heteroatoms. The third-order valence-corrected chi connectivity index (χ3v) is 18.5. The number of hydrogen-bond donors (Lipinski definition) is 6. The zero-order chi connectivity index (χ0) is 73.1. The highest BCUT2D eigenvalue weighted by atomic mass is 32.2. The fraction of sp³-hybridized carbons (Fsp3) is 0.0597. The van der Waals surface area contributed by atoms with Crippen molar-refractivity contribution in [3.63, 3.8) is 0 Å². The predicted octanol–water partition coefficient (Wildman–Crippen LogP) is 13.7. The quantitative estimate of drug-likeness (QED) is 0.0581. The number of anilines is 1. The van der Waals surface area contributed by atoms with E-state index >= 15 is 0 Å². The van der Waals surface area contributed by atoms with E-state index in [4.69, 9.17) is 10.3 Å². The van der Waals surface area contributed by atoms with Crippen molar-refractivity contribution in [2.75, 3.05) is 4.72 Å². The van der Waals surface area contributed by atoms with Crippen LogP contribution in [0, 0.1) is 35.5 Å². The molecule has 0 radical (unpaired) electrons. The lowest BCUT2D eigenvalue weighted by Crippen LogP contribution is -2.30. The van der Waals surface area contributed by atoms with E-state index < -0.39 is 73.9 Å². The summed E-state index contributed by atoms with van der Waals surface area (Å²) in [6.07, 6.45) is -9.20. The molecule has 0 amide bonds. The van der Waals surface area contributed by atoms with Gasteiger partial charge in [0.1, 0.15) is 5.75 Å². The van der Waals surface area contributed by atoms with Crippen LogP contribution in [0.3, 0.4) is 0 Å². The highest BCUT2D eigenvalue weighted by Gasteiger charge is 2.47. The van der Waals surface area contributed by atoms with Crippen molar-refractivity contribution >= 4 is 78.7 Å². The van der Waals surface area contributed by atoms with Crippen LogP contribution in [0.5, 0.6) is 5.75 Å². The van der Waals surface area contributed by atoms with Crippen LogP contribution in [0.4, 0.5) is 58.4 Å². The van der Waals surface area contributed by atoms with E-state index in [1.54, 1.807) is 102 Å². The summed E-state index contributed by atoms with van der Waals surface area (Å²) in [5.74, 6) is 16.9. The highest BCUT2D eigenvalue weighted by molar-refractivity contribution is 7.93. The number of aromatic amines is 3. The monoisotopic (exact) mass is 1470 g/mol. The number of fused-ring (bicyclic) bond motifs is 3. The van der Waals surface area contributed by atoms with E-state index in [2.05, 4.69) is 70.2 Å². The van der Waals surface area contributed by atoms with Crippen LogP contribution >= 0.6 is 0 Å². The first-order valence-corrected chi connectivity index (χ1v) is 34.3. The van der Waals surface area contributed by atoms with Gasteiger partial charge in [-0.15, -0.1) is 13.2 Å². The number of imidazole rings is 3. The molecule has 0 spiro atoms. The lowest BCUT2D eigenvalue weighted by atomic mass is 10.0. The SMILES string of the molecule is NS(=O)(=O)c1ccccc1-c1ccc2nc(C#Cc3ccc(C(F)(F)F)cc3)[nH]c2c1.NS(=O)(=O)c1ccccc1-c1ccc2nc(C#Cc3ccc(S(=O)(=O)C(F)(F)F)cc3)[nH]c2c1.O=S(=O)(Nc1ccccc1-c1ccc2nc(C#Cc3ccc(OC(F)(F)F)cc3)[nH]c2c1)C(F)(F)F. The number of hydrogen-bond acceptors (Lipinski definition) is 12. The third kappa shape index (κ3) is 17.7. The molecule has 8 N–H and O–H groups in total. The molecule has 0 fully saturated rings. The second-order valence-electron chi connectivity index (χ2n) is 21.0. The summed E-state index contributed by atoms with van der Waals surface area (Å²) in [4.78, 5) is 21.0. The van der Waals surface area contributed by atoms with E-state index in [0.717, 1.165) is 48.5 Å². The van der Waals surface area contributed by atoms with Gasteiger partial charge in [-0.3, -0.25) is 4.72 Å². The summed E-state index contributed by atoms with van der Waals surface area (Å²) in [6.45, 7) is 0. The molecule has 0 aliphatic rings. The van der Waals surface area contributed by atoms with Gasteiger partial charge in [0.2, 0.25) is 20.0 Å². The van der Waals surface area contributed by atoms with Crippen molar-refractivity contribution < 1.29 is 91.1 Å². The van der Waals surface area contributed by atoms with Gasteiger partial charge < -0.3 is 19.7 Å². The molecule has 18 nitrogen and oxygen atoms in total. The maximum absolute atomic E-state index is 12.8. The standard InChI is InChI=1S/C23H13F6N3O3S.C22H14F3N3O4S2.C22H14F3N3O2S/c24-22(25,26)35-16-9-5-14(6-10-16)7-12-21-30-19-11-8-15(13-20(19)31-21)17-3-1-2-4-18(17)32-36(33,34)23(27,28)29;23-22(24,25)33(29,30)16-9-5-14(6-10-16)7-12-21-27-18-11-8-15(13-19(18)28-21)17-3-1-2-4-20(17)34(26,31)32;23-22(24,25)16-9-5-14(6-10-16)7-12-21-27-18-11-8-15(13-19(18)28-21)17-3-1-2-4-20(17)31(26,29)30/h1-6,8-11,13,32H,(H,30,31);1-6,8-11,13H,(H,27,28)(H2,26,31,32);1-6,8-11,13H,(H,27,28)(H2,26,29,30). The number of alkyl halides is 12. The Hall–Kier alpha value is -11.5. The Balaban J connectivity index is 0.000000164. The minimum atomic E-state index is -5.62. The van der Waals surface area contributed by atoms with Gasteiger partial charge in [0.25, 0.3) is 9.84 Å². The first-order chi connectivity index (χ1) is 47.3. The van der Waals surface area contributed by atoms with Crippen molar-refractivity contribution in [3.05, 3.63) is 240 Å². The zero-order valence-electron chi connectivity index (χ0n) is 50.4. The summed E-state index contributed by atoms with van der Waals surface area (Å²) in [5, 5.41) is 10.6. The molecule has 3 aromatic heterocycles. The average molecular weight is 1470 g/mol. The topological polar surface area (TPSA) is 296 Å². The summed E-state index contributed by atoms with van der Waals surface area (Å²) in [6, 6.07) is 46.6.